The SMILES string of the molecule is CC(C)C(CO)NS(=O)(=O)c1ccc(F)cc1Cl. The number of rotatable bonds is 5. The summed E-state index contributed by atoms with van der Waals surface area (Å²) in [6, 6.07) is 2.42. The summed E-state index contributed by atoms with van der Waals surface area (Å²) >= 11 is 5.70. The molecule has 0 heterocycles. The lowest BCUT2D eigenvalue weighted by molar-refractivity contribution is 0.227. The maximum atomic E-state index is 12.9. The average Bonchev–Trinajstić information content (AvgIpc) is 2.24. The molecular weight excluding hydrogens is 281 g/mol. The average molecular weight is 296 g/mol. The van der Waals surface area contributed by atoms with Crippen LogP contribution in [0.1, 0.15) is 13.8 Å². The molecule has 0 amide bonds. The Balaban J connectivity index is 3.06. The number of sulfonamides is 1. The van der Waals surface area contributed by atoms with E-state index >= 15 is 0 Å². The highest BCUT2D eigenvalue weighted by atomic mass is 35.5. The zero-order chi connectivity index (χ0) is 13.9. The predicted octanol–water partition coefficient (Wildman–Crippen LogP) is 1.77. The van der Waals surface area contributed by atoms with E-state index < -0.39 is 21.9 Å². The Kier molecular flexibility index (Phi) is 5.10. The monoisotopic (exact) mass is 295 g/mol. The topological polar surface area (TPSA) is 66.4 Å². The molecular formula is C11H15ClFNO3S. The molecule has 0 saturated carbocycles. The van der Waals surface area contributed by atoms with Gasteiger partial charge in [0.2, 0.25) is 10.0 Å². The largest absolute Gasteiger partial charge is 0.395 e. The van der Waals surface area contributed by atoms with Gasteiger partial charge in [-0.2, -0.15) is 0 Å². The normalized spacial score (nSPS) is 13.9. The van der Waals surface area contributed by atoms with Crippen LogP contribution in [0, 0.1) is 11.7 Å². The van der Waals surface area contributed by atoms with E-state index in [0.29, 0.717) is 0 Å². The third kappa shape index (κ3) is 3.65. The lowest BCUT2D eigenvalue weighted by Gasteiger charge is -2.20. The van der Waals surface area contributed by atoms with Crippen molar-refractivity contribution in [3.8, 4) is 0 Å². The van der Waals surface area contributed by atoms with Crippen molar-refractivity contribution in [1.29, 1.82) is 0 Å². The number of hydrogen-bond donors (Lipinski definition) is 2. The van der Waals surface area contributed by atoms with Crippen molar-refractivity contribution in [2.45, 2.75) is 24.8 Å². The Hall–Kier alpha value is -0.690. The van der Waals surface area contributed by atoms with Gasteiger partial charge in [-0.15, -0.1) is 0 Å². The standard InChI is InChI=1S/C11H15ClFNO3S/c1-7(2)10(6-15)14-18(16,17)11-4-3-8(13)5-9(11)12/h3-5,7,10,14-15H,6H2,1-2H3. The molecule has 2 N–H and O–H groups in total. The highest BCUT2D eigenvalue weighted by Crippen LogP contribution is 2.22. The van der Waals surface area contributed by atoms with Crippen LogP contribution < -0.4 is 4.72 Å². The third-order valence-electron chi connectivity index (χ3n) is 2.49. The van der Waals surface area contributed by atoms with E-state index in [1.165, 1.54) is 0 Å². The van der Waals surface area contributed by atoms with Gasteiger partial charge >= 0.3 is 0 Å². The van der Waals surface area contributed by atoms with E-state index in [2.05, 4.69) is 4.72 Å². The third-order valence-corrected chi connectivity index (χ3v) is 4.46. The smallest absolute Gasteiger partial charge is 0.242 e. The molecule has 4 nitrogen and oxygen atoms in total. The zero-order valence-corrected chi connectivity index (χ0v) is 11.6. The summed E-state index contributed by atoms with van der Waals surface area (Å²) in [5.74, 6) is -0.689. The molecule has 1 rings (SSSR count). The number of benzene rings is 1. The number of halogens is 2. The predicted molar refractivity (Wildman–Crippen MR) is 67.4 cm³/mol. The fourth-order valence-electron chi connectivity index (χ4n) is 1.34. The fourth-order valence-corrected chi connectivity index (χ4v) is 3.25. The Labute approximate surface area is 111 Å². The molecule has 0 aliphatic carbocycles. The van der Waals surface area contributed by atoms with E-state index in [9.17, 15) is 12.8 Å². The second kappa shape index (κ2) is 5.97. The molecule has 0 aliphatic heterocycles. The Morgan fingerprint density at radius 1 is 1.44 bits per heavy atom. The molecule has 0 spiro atoms. The molecule has 0 aromatic heterocycles. The van der Waals surface area contributed by atoms with Crippen LogP contribution in [-0.2, 0) is 10.0 Å². The van der Waals surface area contributed by atoms with Crippen LogP contribution in [-0.4, -0.2) is 26.2 Å². The van der Waals surface area contributed by atoms with Gasteiger partial charge in [0.1, 0.15) is 10.7 Å². The first-order valence-corrected chi connectivity index (χ1v) is 7.22. The molecule has 0 radical (unpaired) electrons. The Morgan fingerprint density at radius 3 is 2.50 bits per heavy atom. The van der Waals surface area contributed by atoms with Crippen molar-refractivity contribution < 1.29 is 17.9 Å². The van der Waals surface area contributed by atoms with Gasteiger partial charge in [-0.05, 0) is 24.1 Å². The molecule has 0 saturated heterocycles. The minimum atomic E-state index is -3.87. The molecule has 1 aromatic carbocycles. The van der Waals surface area contributed by atoms with Crippen LogP contribution in [0.3, 0.4) is 0 Å². The van der Waals surface area contributed by atoms with Crippen molar-refractivity contribution in [2.75, 3.05) is 6.61 Å². The summed E-state index contributed by atoms with van der Waals surface area (Å²) in [5, 5.41) is 8.91. The summed E-state index contributed by atoms with van der Waals surface area (Å²) in [6.45, 7) is 3.22. The quantitative estimate of drug-likeness (QED) is 0.870. The van der Waals surface area contributed by atoms with Crippen molar-refractivity contribution in [1.82, 2.24) is 4.72 Å². The molecule has 1 atom stereocenters. The summed E-state index contributed by atoms with van der Waals surface area (Å²) < 4.78 is 39.2. The van der Waals surface area contributed by atoms with Crippen molar-refractivity contribution in [2.24, 2.45) is 5.92 Å². The summed E-state index contributed by atoms with van der Waals surface area (Å²) in [7, 11) is -3.87. The zero-order valence-electron chi connectivity index (χ0n) is 10.0. The molecule has 1 aromatic rings. The van der Waals surface area contributed by atoms with Gasteiger partial charge in [-0.25, -0.2) is 17.5 Å². The summed E-state index contributed by atoms with van der Waals surface area (Å²) in [5.41, 5.74) is 0. The van der Waals surface area contributed by atoms with E-state index in [4.69, 9.17) is 16.7 Å². The maximum Gasteiger partial charge on any atom is 0.242 e. The Morgan fingerprint density at radius 2 is 2.06 bits per heavy atom. The minimum absolute atomic E-state index is 0.0796. The molecule has 1 unspecified atom stereocenters. The molecule has 18 heavy (non-hydrogen) atoms. The van der Waals surface area contributed by atoms with Crippen LogP contribution in [0.25, 0.3) is 0 Å². The van der Waals surface area contributed by atoms with E-state index in [1.54, 1.807) is 13.8 Å². The van der Waals surface area contributed by atoms with Gasteiger partial charge in [0, 0.05) is 6.04 Å². The van der Waals surface area contributed by atoms with Crippen LogP contribution in [0.15, 0.2) is 23.1 Å². The molecule has 0 fully saturated rings. The van der Waals surface area contributed by atoms with Crippen LogP contribution >= 0.6 is 11.6 Å². The van der Waals surface area contributed by atoms with E-state index in [1.807, 2.05) is 0 Å². The van der Waals surface area contributed by atoms with Crippen molar-refractivity contribution in [3.63, 3.8) is 0 Å². The van der Waals surface area contributed by atoms with Gasteiger partial charge in [0.15, 0.2) is 0 Å². The molecule has 102 valence electrons. The number of aliphatic hydroxyl groups is 1. The lowest BCUT2D eigenvalue weighted by atomic mass is 10.1. The van der Waals surface area contributed by atoms with E-state index in [0.717, 1.165) is 18.2 Å². The van der Waals surface area contributed by atoms with Crippen molar-refractivity contribution in [3.05, 3.63) is 29.0 Å². The van der Waals surface area contributed by atoms with Gasteiger partial charge in [0.25, 0.3) is 0 Å². The fraction of sp³-hybridized carbons (Fsp3) is 0.455. The van der Waals surface area contributed by atoms with Crippen LogP contribution in [0.2, 0.25) is 5.02 Å². The van der Waals surface area contributed by atoms with Crippen LogP contribution in [0.4, 0.5) is 4.39 Å². The Bertz CT molecular complexity index is 519. The van der Waals surface area contributed by atoms with E-state index in [-0.39, 0.29) is 22.4 Å². The van der Waals surface area contributed by atoms with Gasteiger partial charge < -0.3 is 5.11 Å². The number of aliphatic hydroxyl groups excluding tert-OH is 1. The van der Waals surface area contributed by atoms with Gasteiger partial charge in [-0.1, -0.05) is 25.4 Å². The highest BCUT2D eigenvalue weighted by Gasteiger charge is 2.24. The highest BCUT2D eigenvalue weighted by molar-refractivity contribution is 7.89. The molecule has 0 bridgehead atoms. The van der Waals surface area contributed by atoms with Gasteiger partial charge in [0.05, 0.1) is 11.6 Å². The number of hydrogen-bond acceptors (Lipinski definition) is 3. The second-order valence-electron chi connectivity index (χ2n) is 4.23. The van der Waals surface area contributed by atoms with Crippen LogP contribution in [0.5, 0.6) is 0 Å². The van der Waals surface area contributed by atoms with Crippen molar-refractivity contribution >= 4 is 21.6 Å². The van der Waals surface area contributed by atoms with Gasteiger partial charge in [-0.3, -0.25) is 0 Å². The lowest BCUT2D eigenvalue weighted by Crippen LogP contribution is -2.41. The number of nitrogens with one attached hydrogen (secondary N) is 1. The molecule has 0 aliphatic rings. The summed E-state index contributed by atoms with van der Waals surface area (Å²) in [4.78, 5) is -0.204. The maximum absolute atomic E-state index is 12.9. The first-order chi connectivity index (χ1) is 8.27. The first-order valence-electron chi connectivity index (χ1n) is 5.36. The summed E-state index contributed by atoms with van der Waals surface area (Å²) in [6.07, 6.45) is 0. The second-order valence-corrected chi connectivity index (χ2v) is 6.32. The first kappa shape index (κ1) is 15.4. The molecule has 7 heteroatoms. The minimum Gasteiger partial charge on any atom is -0.395 e.